The second kappa shape index (κ2) is 6.16. The van der Waals surface area contributed by atoms with Crippen LogP contribution in [0.5, 0.6) is 0 Å². The van der Waals surface area contributed by atoms with Crippen molar-refractivity contribution in [3.05, 3.63) is 30.1 Å². The predicted octanol–water partition coefficient (Wildman–Crippen LogP) is 2.75. The molecule has 0 aliphatic carbocycles. The fourth-order valence-corrected chi connectivity index (χ4v) is 3.38. The molecule has 3 atom stereocenters. The second-order valence-electron chi connectivity index (χ2n) is 5.92. The molecule has 0 bridgehead atoms. The third-order valence-electron chi connectivity index (χ3n) is 4.54. The number of para-hydroxylation sites is 2. The van der Waals surface area contributed by atoms with E-state index in [9.17, 15) is 0 Å². The van der Waals surface area contributed by atoms with Crippen molar-refractivity contribution < 1.29 is 4.74 Å². The van der Waals surface area contributed by atoms with Crippen molar-refractivity contribution in [3.63, 3.8) is 0 Å². The second-order valence-corrected chi connectivity index (χ2v) is 5.92. The first kappa shape index (κ1) is 14.5. The Balaban J connectivity index is 1.86. The number of fused-ring (bicyclic) bond motifs is 1. The standard InChI is InChI=1S/C17H25N3O/c1-4-20-15-8-6-5-7-13(15)19-17(20)11-14(18-3)16-10-9-12(2)21-16/h5-8,12,14,16,18H,4,9-11H2,1-3H3. The van der Waals surface area contributed by atoms with Gasteiger partial charge in [-0.1, -0.05) is 12.1 Å². The van der Waals surface area contributed by atoms with Gasteiger partial charge in [0.1, 0.15) is 5.82 Å². The Morgan fingerprint density at radius 3 is 2.86 bits per heavy atom. The van der Waals surface area contributed by atoms with E-state index in [1.807, 2.05) is 7.05 Å². The molecule has 3 unspecified atom stereocenters. The topological polar surface area (TPSA) is 39.1 Å². The minimum Gasteiger partial charge on any atom is -0.374 e. The number of hydrogen-bond acceptors (Lipinski definition) is 3. The predicted molar refractivity (Wildman–Crippen MR) is 85.5 cm³/mol. The van der Waals surface area contributed by atoms with Crippen LogP contribution in [0.25, 0.3) is 11.0 Å². The van der Waals surface area contributed by atoms with Crippen molar-refractivity contribution in [3.8, 4) is 0 Å². The molecule has 1 aliphatic heterocycles. The average Bonchev–Trinajstić information content (AvgIpc) is 3.07. The maximum absolute atomic E-state index is 6.03. The van der Waals surface area contributed by atoms with Crippen LogP contribution in [0.4, 0.5) is 0 Å². The van der Waals surface area contributed by atoms with E-state index in [2.05, 4.69) is 48.0 Å². The molecule has 0 saturated carbocycles. The zero-order valence-electron chi connectivity index (χ0n) is 13.2. The number of ether oxygens (including phenoxy) is 1. The van der Waals surface area contributed by atoms with E-state index in [4.69, 9.17) is 9.72 Å². The first-order valence-corrected chi connectivity index (χ1v) is 7.99. The molecule has 1 fully saturated rings. The van der Waals surface area contributed by atoms with Crippen LogP contribution in [0, 0.1) is 0 Å². The summed E-state index contributed by atoms with van der Waals surface area (Å²) in [6, 6.07) is 8.70. The molecule has 1 N–H and O–H groups in total. The summed E-state index contributed by atoms with van der Waals surface area (Å²) < 4.78 is 8.35. The minimum absolute atomic E-state index is 0.301. The van der Waals surface area contributed by atoms with Crippen LogP contribution < -0.4 is 5.32 Å². The number of nitrogens with zero attached hydrogens (tertiary/aromatic N) is 2. The van der Waals surface area contributed by atoms with Gasteiger partial charge in [0, 0.05) is 19.0 Å². The molecule has 3 rings (SSSR count). The number of nitrogens with one attached hydrogen (secondary N) is 1. The van der Waals surface area contributed by atoms with Gasteiger partial charge in [0.25, 0.3) is 0 Å². The van der Waals surface area contributed by atoms with Crippen molar-refractivity contribution in [2.75, 3.05) is 7.05 Å². The van der Waals surface area contributed by atoms with Crippen LogP contribution in [0.1, 0.15) is 32.5 Å². The summed E-state index contributed by atoms with van der Waals surface area (Å²) in [4.78, 5) is 4.83. The van der Waals surface area contributed by atoms with E-state index in [0.717, 1.165) is 37.1 Å². The molecular weight excluding hydrogens is 262 g/mol. The largest absolute Gasteiger partial charge is 0.374 e. The summed E-state index contributed by atoms with van der Waals surface area (Å²) in [5, 5.41) is 3.43. The average molecular weight is 287 g/mol. The van der Waals surface area contributed by atoms with Crippen molar-refractivity contribution in [2.24, 2.45) is 0 Å². The number of hydrogen-bond donors (Lipinski definition) is 1. The van der Waals surface area contributed by atoms with Gasteiger partial charge >= 0.3 is 0 Å². The number of imidazole rings is 1. The molecule has 0 radical (unpaired) electrons. The summed E-state index contributed by atoms with van der Waals surface area (Å²) in [5.41, 5.74) is 2.32. The lowest BCUT2D eigenvalue weighted by atomic mass is 10.0. The molecule has 1 aliphatic rings. The van der Waals surface area contributed by atoms with E-state index in [1.165, 1.54) is 5.52 Å². The molecule has 4 nitrogen and oxygen atoms in total. The highest BCUT2D eigenvalue weighted by Gasteiger charge is 2.29. The first-order valence-electron chi connectivity index (χ1n) is 7.99. The highest BCUT2D eigenvalue weighted by Crippen LogP contribution is 2.24. The van der Waals surface area contributed by atoms with Crippen molar-refractivity contribution >= 4 is 11.0 Å². The lowest BCUT2D eigenvalue weighted by molar-refractivity contribution is 0.0332. The number of benzene rings is 1. The van der Waals surface area contributed by atoms with E-state index in [0.29, 0.717) is 18.2 Å². The molecule has 2 heterocycles. The van der Waals surface area contributed by atoms with Crippen LogP contribution in [0.3, 0.4) is 0 Å². The highest BCUT2D eigenvalue weighted by molar-refractivity contribution is 5.75. The summed E-state index contributed by atoms with van der Waals surface area (Å²) in [6.07, 6.45) is 3.90. The zero-order valence-corrected chi connectivity index (χ0v) is 13.2. The van der Waals surface area contributed by atoms with Gasteiger partial charge in [0.05, 0.1) is 23.2 Å². The summed E-state index contributed by atoms with van der Waals surface area (Å²) >= 11 is 0. The van der Waals surface area contributed by atoms with Crippen molar-refractivity contribution in [1.29, 1.82) is 0 Å². The Morgan fingerprint density at radius 2 is 2.19 bits per heavy atom. The van der Waals surface area contributed by atoms with E-state index in [1.54, 1.807) is 0 Å². The molecule has 114 valence electrons. The summed E-state index contributed by atoms with van der Waals surface area (Å²) in [6.45, 7) is 5.29. The van der Waals surface area contributed by atoms with Gasteiger partial charge in [0.15, 0.2) is 0 Å². The van der Waals surface area contributed by atoms with Crippen LogP contribution >= 0.6 is 0 Å². The van der Waals surface area contributed by atoms with Gasteiger partial charge in [-0.05, 0) is 45.9 Å². The van der Waals surface area contributed by atoms with Gasteiger partial charge in [-0.25, -0.2) is 4.98 Å². The van der Waals surface area contributed by atoms with Crippen LogP contribution in [-0.4, -0.2) is 34.8 Å². The Morgan fingerprint density at radius 1 is 1.38 bits per heavy atom. The maximum Gasteiger partial charge on any atom is 0.111 e. The molecule has 1 saturated heterocycles. The minimum atomic E-state index is 0.301. The molecule has 4 heteroatoms. The first-order chi connectivity index (χ1) is 10.2. The quantitative estimate of drug-likeness (QED) is 0.919. The SMILES string of the molecule is CCn1c(CC(NC)C2CCC(C)O2)nc2ccccc21. The van der Waals surface area contributed by atoms with Crippen molar-refractivity contribution in [2.45, 2.75) is 57.9 Å². The molecule has 1 aromatic heterocycles. The lowest BCUT2D eigenvalue weighted by Crippen LogP contribution is -2.40. The monoisotopic (exact) mass is 287 g/mol. The Kier molecular flexibility index (Phi) is 4.27. The maximum atomic E-state index is 6.03. The molecule has 0 spiro atoms. The van der Waals surface area contributed by atoms with Crippen LogP contribution in [0.2, 0.25) is 0 Å². The van der Waals surface area contributed by atoms with E-state index < -0.39 is 0 Å². The Labute approximate surface area is 126 Å². The third kappa shape index (κ3) is 2.83. The molecule has 2 aromatic rings. The molecular formula is C17H25N3O. The van der Waals surface area contributed by atoms with Gasteiger partial charge in [-0.3, -0.25) is 0 Å². The van der Waals surface area contributed by atoms with Gasteiger partial charge in [-0.15, -0.1) is 0 Å². The van der Waals surface area contributed by atoms with E-state index >= 15 is 0 Å². The number of aryl methyl sites for hydroxylation is 1. The highest BCUT2D eigenvalue weighted by atomic mass is 16.5. The lowest BCUT2D eigenvalue weighted by Gasteiger charge is -2.23. The summed E-state index contributed by atoms with van der Waals surface area (Å²) in [7, 11) is 2.02. The van der Waals surface area contributed by atoms with Gasteiger partial charge in [-0.2, -0.15) is 0 Å². The Hall–Kier alpha value is -1.39. The third-order valence-corrected chi connectivity index (χ3v) is 4.54. The van der Waals surface area contributed by atoms with Crippen molar-refractivity contribution in [1.82, 2.24) is 14.9 Å². The van der Waals surface area contributed by atoms with Gasteiger partial charge < -0.3 is 14.6 Å². The summed E-state index contributed by atoms with van der Waals surface area (Å²) in [5.74, 6) is 1.15. The zero-order chi connectivity index (χ0) is 14.8. The Bertz CT molecular complexity index is 607. The van der Waals surface area contributed by atoms with E-state index in [-0.39, 0.29) is 0 Å². The number of aromatic nitrogens is 2. The number of likely N-dealkylation sites (N-methyl/N-ethyl adjacent to an activating group) is 1. The molecule has 21 heavy (non-hydrogen) atoms. The fourth-order valence-electron chi connectivity index (χ4n) is 3.38. The normalized spacial score (nSPS) is 23.8. The smallest absolute Gasteiger partial charge is 0.111 e. The number of rotatable bonds is 5. The van der Waals surface area contributed by atoms with Crippen LogP contribution in [-0.2, 0) is 17.7 Å². The van der Waals surface area contributed by atoms with Crippen LogP contribution in [0.15, 0.2) is 24.3 Å². The molecule has 0 amide bonds. The van der Waals surface area contributed by atoms with Gasteiger partial charge in [0.2, 0.25) is 0 Å². The molecule has 1 aromatic carbocycles. The fraction of sp³-hybridized carbons (Fsp3) is 0.588.